The molecule has 4 rings (SSSR count). The van der Waals surface area contributed by atoms with E-state index < -0.39 is 34.4 Å². The highest BCUT2D eigenvalue weighted by Gasteiger charge is 2.44. The number of aryl methyl sites for hydroxylation is 1. The van der Waals surface area contributed by atoms with E-state index >= 15 is 0 Å². The Kier molecular flexibility index (Phi) is 7.93. The highest BCUT2D eigenvalue weighted by atomic mass is 16.6. The fourth-order valence-electron chi connectivity index (χ4n) is 5.17. The molecular formula is C26H30N4O8. The number of H-pyrrole nitrogens is 1. The van der Waals surface area contributed by atoms with E-state index in [0.29, 0.717) is 36.5 Å². The number of rotatable bonds is 8. The lowest BCUT2D eigenvalue weighted by Gasteiger charge is -2.29. The van der Waals surface area contributed by atoms with Gasteiger partial charge in [-0.3, -0.25) is 19.7 Å². The van der Waals surface area contributed by atoms with Crippen molar-refractivity contribution in [1.82, 2.24) is 9.88 Å². The van der Waals surface area contributed by atoms with Gasteiger partial charge in [0, 0.05) is 36.4 Å². The van der Waals surface area contributed by atoms with E-state index in [1.165, 1.54) is 41.2 Å². The van der Waals surface area contributed by atoms with Crippen LogP contribution in [-0.2, 0) is 19.1 Å². The smallest absolute Gasteiger partial charge is 0.354 e. The average molecular weight is 527 g/mol. The highest BCUT2D eigenvalue weighted by Crippen LogP contribution is 2.40. The van der Waals surface area contributed by atoms with E-state index in [1.807, 2.05) is 0 Å². The van der Waals surface area contributed by atoms with Crippen LogP contribution < -0.4 is 10.0 Å². The first-order chi connectivity index (χ1) is 18.1. The van der Waals surface area contributed by atoms with Crippen molar-refractivity contribution in [3.8, 4) is 0 Å². The van der Waals surface area contributed by atoms with Crippen molar-refractivity contribution in [2.75, 3.05) is 46.5 Å². The Morgan fingerprint density at radius 3 is 2.47 bits per heavy atom. The number of hydrogen-bond donors (Lipinski definition) is 2. The third-order valence-corrected chi connectivity index (χ3v) is 7.13. The lowest BCUT2D eigenvalue weighted by molar-refractivity contribution is -0.908. The molecule has 1 unspecified atom stereocenters. The minimum Gasteiger partial charge on any atom is -0.872 e. The summed E-state index contributed by atoms with van der Waals surface area (Å²) < 4.78 is 10.2. The van der Waals surface area contributed by atoms with Crippen molar-refractivity contribution >= 4 is 29.1 Å². The number of benzene rings is 1. The van der Waals surface area contributed by atoms with E-state index in [4.69, 9.17) is 9.47 Å². The zero-order valence-electron chi connectivity index (χ0n) is 21.5. The van der Waals surface area contributed by atoms with Gasteiger partial charge in [-0.05, 0) is 42.7 Å². The van der Waals surface area contributed by atoms with Crippen molar-refractivity contribution in [1.29, 1.82) is 0 Å². The molecule has 0 spiro atoms. The molecule has 12 heteroatoms. The Bertz CT molecular complexity index is 1290. The molecule has 1 aromatic heterocycles. The Balaban J connectivity index is 1.76. The van der Waals surface area contributed by atoms with Crippen LogP contribution in [0.2, 0.25) is 0 Å². The number of methoxy groups -OCH3 is 1. The summed E-state index contributed by atoms with van der Waals surface area (Å²) in [6.45, 7) is 7.18. The number of morpholine rings is 1. The minimum absolute atomic E-state index is 0.0861. The third kappa shape index (κ3) is 5.04. The zero-order chi connectivity index (χ0) is 27.6. The second kappa shape index (κ2) is 11.2. The van der Waals surface area contributed by atoms with E-state index in [0.717, 1.165) is 19.6 Å². The van der Waals surface area contributed by atoms with Gasteiger partial charge < -0.3 is 29.4 Å². The number of Topliss-reactive ketones (excluding diaryl/α,β-unsaturated/α-hetero) is 1. The first kappa shape index (κ1) is 27.0. The maximum Gasteiger partial charge on any atom is 0.354 e. The SMILES string of the molecule is COC(=O)c1[nH]c(C)c(C([O-])=C2C(=O)C(=O)N(CCC[NH+]3CCOCC3)C2c2ccc([N+](=O)[O-])cc2)c1C. The highest BCUT2D eigenvalue weighted by molar-refractivity contribution is 6.46. The van der Waals surface area contributed by atoms with Crippen LogP contribution in [0.1, 0.15) is 45.3 Å². The summed E-state index contributed by atoms with van der Waals surface area (Å²) in [5.74, 6) is -3.05. The van der Waals surface area contributed by atoms with Crippen molar-refractivity contribution in [2.45, 2.75) is 26.3 Å². The van der Waals surface area contributed by atoms with E-state index in [-0.39, 0.29) is 29.1 Å². The number of nitro benzene ring substituents is 1. The second-order valence-electron chi connectivity index (χ2n) is 9.40. The molecule has 0 bridgehead atoms. The molecule has 0 saturated carbocycles. The standard InChI is InChI=1S/C26H30N4O8/c1-15-19(16(2)27-21(15)26(34)37-3)23(31)20-22(17-5-7-18(8-6-17)30(35)36)29(25(33)24(20)32)10-4-9-28-11-13-38-14-12-28/h5-8,22,27,31H,4,9-14H2,1-3H3. The topological polar surface area (TPSA) is 159 Å². The summed E-state index contributed by atoms with van der Waals surface area (Å²) in [4.78, 5) is 54.8. The number of quaternary nitrogens is 1. The zero-order valence-corrected chi connectivity index (χ0v) is 21.5. The first-order valence-corrected chi connectivity index (χ1v) is 12.4. The lowest BCUT2D eigenvalue weighted by Crippen LogP contribution is -3.14. The van der Waals surface area contributed by atoms with Gasteiger partial charge in [-0.1, -0.05) is 5.76 Å². The van der Waals surface area contributed by atoms with Gasteiger partial charge in [-0.25, -0.2) is 4.79 Å². The fraction of sp³-hybridized carbons (Fsp3) is 0.423. The summed E-state index contributed by atoms with van der Waals surface area (Å²) in [7, 11) is 1.22. The maximum atomic E-state index is 13.9. The van der Waals surface area contributed by atoms with Crippen LogP contribution in [0, 0.1) is 24.0 Å². The van der Waals surface area contributed by atoms with E-state index in [9.17, 15) is 29.6 Å². The molecule has 2 aromatic rings. The minimum atomic E-state index is -1.02. The summed E-state index contributed by atoms with van der Waals surface area (Å²) in [5.41, 5.74) is 0.886. The number of likely N-dealkylation sites (tertiary alicyclic amines) is 1. The van der Waals surface area contributed by atoms with Crippen LogP contribution in [-0.4, -0.2) is 79.0 Å². The van der Waals surface area contributed by atoms with Crippen molar-refractivity contribution < 1.29 is 38.8 Å². The van der Waals surface area contributed by atoms with Crippen molar-refractivity contribution in [2.24, 2.45) is 0 Å². The molecule has 202 valence electrons. The number of non-ortho nitro benzene ring substituents is 1. The number of aromatic amines is 1. The Morgan fingerprint density at radius 1 is 1.21 bits per heavy atom. The molecule has 1 amide bonds. The number of nitrogens with zero attached hydrogens (tertiary/aromatic N) is 2. The third-order valence-electron chi connectivity index (χ3n) is 7.13. The van der Waals surface area contributed by atoms with Crippen LogP contribution in [0.4, 0.5) is 5.69 Å². The molecule has 38 heavy (non-hydrogen) atoms. The summed E-state index contributed by atoms with van der Waals surface area (Å²) >= 11 is 0. The number of amides is 1. The number of carbonyl (C=O) groups is 3. The number of esters is 1. The fourth-order valence-corrected chi connectivity index (χ4v) is 5.17. The molecule has 2 aliphatic rings. The molecule has 1 atom stereocenters. The Hall–Kier alpha value is -4.03. The van der Waals surface area contributed by atoms with Crippen LogP contribution in [0.3, 0.4) is 0 Å². The van der Waals surface area contributed by atoms with Crippen molar-refractivity contribution in [3.63, 3.8) is 0 Å². The predicted octanol–water partition coefficient (Wildman–Crippen LogP) is -0.144. The number of hydrogen-bond acceptors (Lipinski definition) is 8. The number of ketones is 1. The number of nitrogens with one attached hydrogen (secondary N) is 2. The van der Waals surface area contributed by atoms with Gasteiger partial charge >= 0.3 is 5.97 Å². The quantitative estimate of drug-likeness (QED) is 0.120. The number of nitro groups is 1. The maximum absolute atomic E-state index is 13.9. The van der Waals surface area contributed by atoms with Gasteiger partial charge in [-0.2, -0.15) is 0 Å². The number of aromatic nitrogens is 1. The average Bonchev–Trinajstić information content (AvgIpc) is 3.35. The molecule has 0 aliphatic carbocycles. The van der Waals surface area contributed by atoms with Crippen LogP contribution >= 0.6 is 0 Å². The molecule has 0 radical (unpaired) electrons. The van der Waals surface area contributed by atoms with Gasteiger partial charge in [0.25, 0.3) is 11.6 Å². The predicted molar refractivity (Wildman–Crippen MR) is 132 cm³/mol. The number of ether oxygens (including phenoxy) is 2. The first-order valence-electron chi connectivity index (χ1n) is 12.4. The summed E-state index contributed by atoms with van der Waals surface area (Å²) in [5, 5.41) is 25.0. The van der Waals surface area contributed by atoms with Gasteiger partial charge in [0.05, 0.1) is 37.8 Å². The Morgan fingerprint density at radius 2 is 1.87 bits per heavy atom. The van der Waals surface area contributed by atoms with Crippen molar-refractivity contribution in [3.05, 3.63) is 68.0 Å². The lowest BCUT2D eigenvalue weighted by atomic mass is 9.94. The van der Waals surface area contributed by atoms with Gasteiger partial charge in [0.1, 0.15) is 18.8 Å². The molecular weight excluding hydrogens is 496 g/mol. The second-order valence-corrected chi connectivity index (χ2v) is 9.40. The molecule has 12 nitrogen and oxygen atoms in total. The van der Waals surface area contributed by atoms with E-state index in [2.05, 4.69) is 4.98 Å². The van der Waals surface area contributed by atoms with Crippen LogP contribution in [0.15, 0.2) is 29.8 Å². The van der Waals surface area contributed by atoms with Gasteiger partial charge in [0.2, 0.25) is 5.78 Å². The molecule has 2 aliphatic heterocycles. The van der Waals surface area contributed by atoms with Gasteiger partial charge in [-0.15, -0.1) is 0 Å². The van der Waals surface area contributed by atoms with Gasteiger partial charge in [0.15, 0.2) is 0 Å². The number of carbonyl (C=O) groups excluding carboxylic acids is 3. The van der Waals surface area contributed by atoms with Crippen LogP contribution in [0.5, 0.6) is 0 Å². The summed E-state index contributed by atoms with van der Waals surface area (Å²) in [6, 6.07) is 4.46. The molecule has 1 aromatic carbocycles. The molecule has 2 saturated heterocycles. The van der Waals surface area contributed by atoms with E-state index in [1.54, 1.807) is 13.8 Å². The summed E-state index contributed by atoms with van der Waals surface area (Å²) in [6.07, 6.45) is 0.591. The molecule has 2 fully saturated rings. The normalized spacial score (nSPS) is 19.7. The Labute approximate surface area is 219 Å². The largest absolute Gasteiger partial charge is 0.872 e. The van der Waals surface area contributed by atoms with Crippen LogP contribution in [0.25, 0.3) is 5.76 Å². The molecule has 3 heterocycles. The monoisotopic (exact) mass is 526 g/mol. The molecule has 2 N–H and O–H groups in total.